The molecule has 3 heteroatoms. The van der Waals surface area contributed by atoms with Gasteiger partial charge in [0, 0.05) is 13.2 Å². The van der Waals surface area contributed by atoms with Crippen molar-refractivity contribution in [2.24, 2.45) is 0 Å². The smallest absolute Gasteiger partial charge is 0.101 e. The Morgan fingerprint density at radius 1 is 1.31 bits per heavy atom. The van der Waals surface area contributed by atoms with Crippen molar-refractivity contribution >= 4 is 0 Å². The van der Waals surface area contributed by atoms with Crippen molar-refractivity contribution in [2.75, 3.05) is 33.2 Å². The molecular formula is C10H21NO2. The summed E-state index contributed by atoms with van der Waals surface area (Å²) in [5.74, 6) is 0. The van der Waals surface area contributed by atoms with Crippen LogP contribution in [0.4, 0.5) is 0 Å². The summed E-state index contributed by atoms with van der Waals surface area (Å²) in [5, 5.41) is 0. The molecule has 0 aliphatic carbocycles. The summed E-state index contributed by atoms with van der Waals surface area (Å²) in [6.07, 6.45) is 5.12. The summed E-state index contributed by atoms with van der Waals surface area (Å²) in [6, 6.07) is 0. The molecule has 78 valence electrons. The lowest BCUT2D eigenvalue weighted by Crippen LogP contribution is -2.23. The number of hydrogen-bond acceptors (Lipinski definition) is 3. The maximum absolute atomic E-state index is 5.51. The third kappa shape index (κ3) is 5.24. The molecule has 0 aromatic heterocycles. The average molecular weight is 187 g/mol. The molecule has 1 aliphatic rings. The quantitative estimate of drug-likeness (QED) is 0.568. The number of nitrogens with zero attached hydrogens (tertiary/aromatic N) is 1. The highest BCUT2D eigenvalue weighted by atomic mass is 16.5. The molecule has 0 unspecified atom stereocenters. The summed E-state index contributed by atoms with van der Waals surface area (Å²) in [6.45, 7) is 6.49. The van der Waals surface area contributed by atoms with Crippen LogP contribution in [0.15, 0.2) is 0 Å². The minimum Gasteiger partial charge on any atom is -0.366 e. The van der Waals surface area contributed by atoms with Crippen LogP contribution in [-0.4, -0.2) is 38.1 Å². The van der Waals surface area contributed by atoms with Crippen LogP contribution in [0.2, 0.25) is 0 Å². The predicted octanol–water partition coefficient (Wildman–Crippen LogP) is 1.83. The Hall–Kier alpha value is -0.120. The molecule has 1 rings (SSSR count). The molecule has 1 fully saturated rings. The van der Waals surface area contributed by atoms with Gasteiger partial charge in [0.15, 0.2) is 0 Å². The van der Waals surface area contributed by atoms with Gasteiger partial charge in [-0.25, -0.2) is 0 Å². The Morgan fingerprint density at radius 2 is 2.23 bits per heavy atom. The third-order valence-corrected chi connectivity index (χ3v) is 2.24. The van der Waals surface area contributed by atoms with Crippen LogP contribution in [0.25, 0.3) is 0 Å². The second kappa shape index (κ2) is 7.30. The number of ether oxygens (including phenoxy) is 2. The van der Waals surface area contributed by atoms with E-state index in [-0.39, 0.29) is 0 Å². The first kappa shape index (κ1) is 11.0. The average Bonchev–Trinajstić information content (AvgIpc) is 2.63. The largest absolute Gasteiger partial charge is 0.366 e. The first-order valence-corrected chi connectivity index (χ1v) is 5.31. The van der Waals surface area contributed by atoms with Crippen molar-refractivity contribution < 1.29 is 9.47 Å². The summed E-state index contributed by atoms with van der Waals surface area (Å²) in [5.41, 5.74) is 0. The summed E-state index contributed by atoms with van der Waals surface area (Å²) < 4.78 is 10.7. The van der Waals surface area contributed by atoms with E-state index in [1.54, 1.807) is 0 Å². The lowest BCUT2D eigenvalue weighted by Gasteiger charge is -2.12. The van der Waals surface area contributed by atoms with E-state index in [4.69, 9.17) is 9.47 Å². The lowest BCUT2D eigenvalue weighted by molar-refractivity contribution is 0.0151. The minimum absolute atomic E-state index is 0.742. The lowest BCUT2D eigenvalue weighted by atomic mass is 10.2. The normalized spacial score (nSPS) is 18.2. The standard InChI is InChI=1S/C10H21NO2/c1-2-3-4-5-7-12-9-11-6-8-13-10-11/h2-10H2,1H3. The van der Waals surface area contributed by atoms with E-state index in [2.05, 4.69) is 11.8 Å². The highest BCUT2D eigenvalue weighted by molar-refractivity contribution is 4.52. The van der Waals surface area contributed by atoms with E-state index in [1.165, 1.54) is 25.7 Å². The molecule has 13 heavy (non-hydrogen) atoms. The monoisotopic (exact) mass is 187 g/mol. The molecule has 1 heterocycles. The summed E-state index contributed by atoms with van der Waals surface area (Å²) >= 11 is 0. The van der Waals surface area contributed by atoms with Gasteiger partial charge in [-0.3, -0.25) is 4.90 Å². The molecule has 0 aromatic carbocycles. The zero-order valence-corrected chi connectivity index (χ0v) is 8.63. The van der Waals surface area contributed by atoms with E-state index >= 15 is 0 Å². The van der Waals surface area contributed by atoms with Crippen LogP contribution in [-0.2, 0) is 9.47 Å². The molecule has 1 saturated heterocycles. The Morgan fingerprint density at radius 3 is 2.92 bits per heavy atom. The van der Waals surface area contributed by atoms with Crippen molar-refractivity contribution in [3.63, 3.8) is 0 Å². The number of hydrogen-bond donors (Lipinski definition) is 0. The Labute approximate surface area is 81.0 Å². The topological polar surface area (TPSA) is 21.7 Å². The molecule has 0 spiro atoms. The molecule has 0 amide bonds. The van der Waals surface area contributed by atoms with Gasteiger partial charge >= 0.3 is 0 Å². The molecule has 0 atom stereocenters. The van der Waals surface area contributed by atoms with Crippen LogP contribution in [0.5, 0.6) is 0 Å². The van der Waals surface area contributed by atoms with Crippen molar-refractivity contribution in [2.45, 2.75) is 32.6 Å². The Balaban J connectivity index is 1.78. The van der Waals surface area contributed by atoms with Gasteiger partial charge in [0.05, 0.1) is 6.61 Å². The predicted molar refractivity (Wildman–Crippen MR) is 52.5 cm³/mol. The first-order chi connectivity index (χ1) is 6.43. The molecular weight excluding hydrogens is 166 g/mol. The van der Waals surface area contributed by atoms with Gasteiger partial charge in [0.1, 0.15) is 13.5 Å². The van der Waals surface area contributed by atoms with Crippen LogP contribution in [0.3, 0.4) is 0 Å². The van der Waals surface area contributed by atoms with E-state index in [0.717, 1.165) is 33.2 Å². The molecule has 0 radical (unpaired) electrons. The Kier molecular flexibility index (Phi) is 6.15. The fourth-order valence-corrected chi connectivity index (χ4v) is 1.38. The fraction of sp³-hybridized carbons (Fsp3) is 1.00. The maximum atomic E-state index is 5.51. The van der Waals surface area contributed by atoms with Gasteiger partial charge in [0.2, 0.25) is 0 Å². The number of unbranched alkanes of at least 4 members (excludes halogenated alkanes) is 3. The fourth-order valence-electron chi connectivity index (χ4n) is 1.38. The summed E-state index contributed by atoms with van der Waals surface area (Å²) in [7, 11) is 0. The van der Waals surface area contributed by atoms with Crippen molar-refractivity contribution in [3.05, 3.63) is 0 Å². The first-order valence-electron chi connectivity index (χ1n) is 5.31. The molecule has 0 saturated carbocycles. The zero-order chi connectivity index (χ0) is 9.36. The van der Waals surface area contributed by atoms with Gasteiger partial charge < -0.3 is 9.47 Å². The highest BCUT2D eigenvalue weighted by Gasteiger charge is 2.10. The highest BCUT2D eigenvalue weighted by Crippen LogP contribution is 2.01. The number of rotatable bonds is 7. The van der Waals surface area contributed by atoms with Gasteiger partial charge in [-0.1, -0.05) is 26.2 Å². The van der Waals surface area contributed by atoms with E-state index in [0.29, 0.717) is 0 Å². The summed E-state index contributed by atoms with van der Waals surface area (Å²) in [4.78, 5) is 2.18. The van der Waals surface area contributed by atoms with Crippen LogP contribution in [0.1, 0.15) is 32.6 Å². The van der Waals surface area contributed by atoms with Gasteiger partial charge in [0.25, 0.3) is 0 Å². The van der Waals surface area contributed by atoms with E-state index in [9.17, 15) is 0 Å². The van der Waals surface area contributed by atoms with Gasteiger partial charge in [-0.15, -0.1) is 0 Å². The van der Waals surface area contributed by atoms with Crippen molar-refractivity contribution in [3.8, 4) is 0 Å². The van der Waals surface area contributed by atoms with Gasteiger partial charge in [-0.2, -0.15) is 0 Å². The van der Waals surface area contributed by atoms with Gasteiger partial charge in [-0.05, 0) is 6.42 Å². The minimum atomic E-state index is 0.742. The SMILES string of the molecule is CCCCCCOCN1CCOC1. The molecule has 0 bridgehead atoms. The van der Waals surface area contributed by atoms with Crippen molar-refractivity contribution in [1.82, 2.24) is 4.90 Å². The second-order valence-corrected chi connectivity index (χ2v) is 3.53. The van der Waals surface area contributed by atoms with Crippen LogP contribution in [0, 0.1) is 0 Å². The molecule has 0 aromatic rings. The third-order valence-electron chi connectivity index (χ3n) is 2.24. The van der Waals surface area contributed by atoms with E-state index < -0.39 is 0 Å². The van der Waals surface area contributed by atoms with Crippen LogP contribution < -0.4 is 0 Å². The second-order valence-electron chi connectivity index (χ2n) is 3.53. The van der Waals surface area contributed by atoms with Crippen LogP contribution >= 0.6 is 0 Å². The van der Waals surface area contributed by atoms with Crippen molar-refractivity contribution in [1.29, 1.82) is 0 Å². The van der Waals surface area contributed by atoms with E-state index in [1.807, 2.05) is 0 Å². The maximum Gasteiger partial charge on any atom is 0.101 e. The Bertz CT molecular complexity index is 113. The zero-order valence-electron chi connectivity index (χ0n) is 8.63. The molecule has 0 N–H and O–H groups in total. The molecule has 3 nitrogen and oxygen atoms in total. The molecule has 1 aliphatic heterocycles.